The predicted molar refractivity (Wildman–Crippen MR) is 271 cm³/mol. The maximum absolute atomic E-state index is 14.2. The van der Waals surface area contributed by atoms with Gasteiger partial charge in [0.1, 0.15) is 36.6 Å². The SMILES string of the molecule is CC1[C@H](C)OC(=O)C[C@H](O)C[C@H](O)CC[C@@H](O)[C@H](O)C[C@H](O)C[C@]2(O)C[C@H](O)C(C(=O)N[C@@H]3C(O)O[C@H](CO)[C@@H](O)[C@@H]3O)C(C[C@@H](O[C@@H]3O[C@H](C)[C@@H](O)[C@H](N)[C@@H]3O)/C=C/C=C/C=C/C=C/C=C/C=C/C=C/[C@H](C)[C@H]1O)O2. The van der Waals surface area contributed by atoms with Crippen LogP contribution in [-0.2, 0) is 33.3 Å². The lowest BCUT2D eigenvalue weighted by atomic mass is 9.81. The van der Waals surface area contributed by atoms with Crippen LogP contribution in [0.25, 0.3) is 0 Å². The molecule has 0 radical (unpaired) electrons. The van der Waals surface area contributed by atoms with Gasteiger partial charge in [0.15, 0.2) is 18.4 Å². The van der Waals surface area contributed by atoms with Crippen LogP contribution >= 0.6 is 0 Å². The number of carbonyl (C=O) groups excluding carboxylic acids is 2. The normalized spacial score (nSPS) is 46.7. The third-order valence-corrected chi connectivity index (χ3v) is 14.2. The third kappa shape index (κ3) is 19.6. The van der Waals surface area contributed by atoms with Crippen molar-refractivity contribution in [3.05, 3.63) is 85.1 Å². The molecule has 17 N–H and O–H groups in total. The minimum absolute atomic E-state index is 0.154. The van der Waals surface area contributed by atoms with Crippen molar-refractivity contribution in [1.29, 1.82) is 0 Å². The van der Waals surface area contributed by atoms with Gasteiger partial charge in [0.25, 0.3) is 0 Å². The molecular weight excluding hydrogens is 1000 g/mol. The summed E-state index contributed by atoms with van der Waals surface area (Å²) in [4.78, 5) is 26.9. The number of allylic oxidation sites excluding steroid dienone is 12. The lowest BCUT2D eigenvalue weighted by Crippen LogP contribution is -2.66. The summed E-state index contributed by atoms with van der Waals surface area (Å²) in [5, 5.41) is 154. The number of esters is 1. The Hall–Kier alpha value is -3.64. The van der Waals surface area contributed by atoms with Crippen molar-refractivity contribution in [2.24, 2.45) is 23.5 Å². The predicted octanol–water partition coefficient (Wildman–Crippen LogP) is -2.46. The zero-order chi connectivity index (χ0) is 56.4. The number of hydrogen-bond acceptors (Lipinski definition) is 22. The molecule has 0 aromatic carbocycles. The highest BCUT2D eigenvalue weighted by Gasteiger charge is 2.53. The van der Waals surface area contributed by atoms with Gasteiger partial charge in [0, 0.05) is 37.5 Å². The van der Waals surface area contributed by atoms with E-state index in [2.05, 4.69) is 5.32 Å². The molecular formula is C53H84N2O21. The summed E-state index contributed by atoms with van der Waals surface area (Å²) in [7, 11) is 0. The molecule has 0 spiro atoms. The van der Waals surface area contributed by atoms with E-state index in [4.69, 9.17) is 29.4 Å². The van der Waals surface area contributed by atoms with Crippen molar-refractivity contribution in [3.63, 3.8) is 0 Å². The summed E-state index contributed by atoms with van der Waals surface area (Å²) in [6.45, 7) is 5.88. The van der Waals surface area contributed by atoms with Crippen LogP contribution in [0.1, 0.15) is 79.1 Å². The number of nitrogens with one attached hydrogen (secondary N) is 1. The van der Waals surface area contributed by atoms with Crippen LogP contribution in [0.15, 0.2) is 85.1 Å². The molecule has 0 aromatic heterocycles. The monoisotopic (exact) mass is 1080 g/mol. The topological polar surface area (TPSA) is 402 Å². The molecule has 0 aliphatic carbocycles. The van der Waals surface area contributed by atoms with E-state index in [-0.39, 0.29) is 25.2 Å². The fourth-order valence-electron chi connectivity index (χ4n) is 9.50. The number of nitrogens with two attached hydrogens (primary N) is 1. The Morgan fingerprint density at radius 2 is 1.25 bits per heavy atom. The third-order valence-electron chi connectivity index (χ3n) is 14.2. The minimum atomic E-state index is -2.46. The molecule has 432 valence electrons. The first-order valence-corrected chi connectivity index (χ1v) is 25.9. The summed E-state index contributed by atoms with van der Waals surface area (Å²) in [5.74, 6) is -6.76. The molecule has 3 fully saturated rings. The van der Waals surface area contributed by atoms with Crippen LogP contribution in [0.5, 0.6) is 0 Å². The van der Waals surface area contributed by atoms with Crippen molar-refractivity contribution in [2.75, 3.05) is 6.61 Å². The number of aliphatic hydroxyl groups excluding tert-OH is 13. The van der Waals surface area contributed by atoms with Gasteiger partial charge in [-0.2, -0.15) is 0 Å². The average Bonchev–Trinajstić information content (AvgIpc) is 3.34. The number of hydrogen-bond donors (Lipinski definition) is 16. The summed E-state index contributed by atoms with van der Waals surface area (Å²) < 4.78 is 28.8. The molecule has 1 amide bonds. The van der Waals surface area contributed by atoms with Gasteiger partial charge in [-0.15, -0.1) is 0 Å². The van der Waals surface area contributed by atoms with E-state index in [1.54, 1.807) is 92.8 Å². The van der Waals surface area contributed by atoms with Gasteiger partial charge >= 0.3 is 5.97 Å². The van der Waals surface area contributed by atoms with Gasteiger partial charge in [0.2, 0.25) is 5.91 Å². The van der Waals surface area contributed by atoms with Crippen LogP contribution in [0.2, 0.25) is 0 Å². The van der Waals surface area contributed by atoms with E-state index in [1.165, 1.54) is 13.0 Å². The van der Waals surface area contributed by atoms with Crippen molar-refractivity contribution in [2.45, 2.75) is 207 Å². The molecule has 2 bridgehead atoms. The smallest absolute Gasteiger partial charge is 0.308 e. The fraction of sp³-hybridized carbons (Fsp3) is 0.698. The molecule has 3 saturated heterocycles. The van der Waals surface area contributed by atoms with Crippen LogP contribution in [0.4, 0.5) is 0 Å². The first kappa shape index (κ1) is 64.9. The second kappa shape index (κ2) is 31.2. The van der Waals surface area contributed by atoms with E-state index in [0.29, 0.717) is 0 Å². The van der Waals surface area contributed by atoms with Gasteiger partial charge in [0.05, 0.1) is 92.1 Å². The number of aliphatic hydroxyl groups is 14. The number of ether oxygens (including phenoxy) is 5. The Kier molecular flexibility index (Phi) is 26.7. The minimum Gasteiger partial charge on any atom is -0.462 e. The fourth-order valence-corrected chi connectivity index (χ4v) is 9.50. The van der Waals surface area contributed by atoms with E-state index in [0.717, 1.165) is 0 Å². The number of cyclic esters (lactones) is 1. The second-order valence-electron chi connectivity index (χ2n) is 20.5. The molecule has 76 heavy (non-hydrogen) atoms. The van der Waals surface area contributed by atoms with Crippen LogP contribution in [0, 0.1) is 17.8 Å². The molecule has 23 nitrogen and oxygen atoms in total. The van der Waals surface area contributed by atoms with Crippen molar-refractivity contribution < 1.29 is 105 Å². The van der Waals surface area contributed by atoms with E-state index in [1.807, 2.05) is 6.92 Å². The van der Waals surface area contributed by atoms with Gasteiger partial charge < -0.3 is 106 Å². The van der Waals surface area contributed by atoms with E-state index in [9.17, 15) is 81.1 Å². The Morgan fingerprint density at radius 1 is 0.658 bits per heavy atom. The Labute approximate surface area is 443 Å². The molecule has 4 unspecified atom stereocenters. The van der Waals surface area contributed by atoms with Crippen molar-refractivity contribution >= 4 is 11.9 Å². The molecule has 4 aliphatic heterocycles. The maximum Gasteiger partial charge on any atom is 0.308 e. The van der Waals surface area contributed by atoms with Gasteiger partial charge in [-0.1, -0.05) is 98.9 Å². The van der Waals surface area contributed by atoms with E-state index < -0.39 is 191 Å². The standard InChI is InChI=1S/C53H84N2O21/c1-28-17-15-13-11-9-7-5-6-8-10-12-14-16-18-35(74-52-48(67)43(54)46(65)31(4)73-52)24-39-42(50(69)55-44-49(68)47(66)40(27-56)75-51(44)70)38(62)26-53(71,76-39)25-34(59)22-37(61)36(60)20-19-32(57)21-33(58)23-41(63)72-30(3)29(2)45(28)64/h5-18,28-40,42-49,51-52,56-62,64-68,70-71H,19-27,54H2,1-4H3,(H,55,69)/b6-5+,9-7+,10-8+,13-11+,14-12+,17-15+,18-16+/t28-,29?,30-,31+,32+,33+,34-,35-,36+,37+,38-,39?,40+,42?,43-,44-,45+,46+,47+,48-,49+,51?,52-,53+/m0/s1. The highest BCUT2D eigenvalue weighted by Crippen LogP contribution is 2.39. The van der Waals surface area contributed by atoms with Gasteiger partial charge in [-0.3, -0.25) is 9.59 Å². The highest BCUT2D eigenvalue weighted by molar-refractivity contribution is 5.80. The quantitative estimate of drug-likeness (QED) is 0.127. The molecule has 4 heterocycles. The number of carbonyl (C=O) groups is 2. The average molecular weight is 1090 g/mol. The Bertz CT molecular complexity index is 1990. The maximum atomic E-state index is 14.2. The molecule has 4 aliphatic rings. The molecule has 4 rings (SSSR count). The van der Waals surface area contributed by atoms with Crippen LogP contribution in [-0.4, -0.2) is 218 Å². The number of rotatable bonds is 5. The van der Waals surface area contributed by atoms with Gasteiger partial charge in [-0.25, -0.2) is 0 Å². The van der Waals surface area contributed by atoms with E-state index >= 15 is 0 Å². The van der Waals surface area contributed by atoms with Crippen LogP contribution < -0.4 is 11.1 Å². The summed E-state index contributed by atoms with van der Waals surface area (Å²) >= 11 is 0. The van der Waals surface area contributed by atoms with Crippen molar-refractivity contribution in [1.82, 2.24) is 5.32 Å². The Morgan fingerprint density at radius 3 is 1.86 bits per heavy atom. The summed E-state index contributed by atoms with van der Waals surface area (Å²) in [6.07, 6.45) is -5.57. The Balaban J connectivity index is 1.65. The first-order valence-electron chi connectivity index (χ1n) is 25.9. The molecule has 0 saturated carbocycles. The lowest BCUT2D eigenvalue weighted by molar-refractivity contribution is -0.307. The highest BCUT2D eigenvalue weighted by atomic mass is 16.7. The summed E-state index contributed by atoms with van der Waals surface area (Å²) in [5.41, 5.74) is 6.10. The lowest BCUT2D eigenvalue weighted by Gasteiger charge is -2.47. The number of amides is 1. The molecule has 0 aromatic rings. The second-order valence-corrected chi connectivity index (χ2v) is 20.5. The summed E-state index contributed by atoms with van der Waals surface area (Å²) in [6, 6.07) is -2.93. The largest absolute Gasteiger partial charge is 0.462 e. The zero-order valence-corrected chi connectivity index (χ0v) is 43.4. The van der Waals surface area contributed by atoms with Crippen molar-refractivity contribution in [3.8, 4) is 0 Å². The number of fused-ring (bicyclic) bond motifs is 2. The first-order chi connectivity index (χ1) is 35.9. The molecule has 24 atom stereocenters. The zero-order valence-electron chi connectivity index (χ0n) is 43.4. The van der Waals surface area contributed by atoms with Crippen LogP contribution in [0.3, 0.4) is 0 Å². The molecule has 23 heteroatoms. The van der Waals surface area contributed by atoms with Gasteiger partial charge in [-0.05, 0) is 33.1 Å².